The second-order valence-electron chi connectivity index (χ2n) is 6.63. The summed E-state index contributed by atoms with van der Waals surface area (Å²) < 4.78 is 0. The van der Waals surface area contributed by atoms with Gasteiger partial charge in [-0.25, -0.2) is 0 Å². The van der Waals surface area contributed by atoms with Crippen LogP contribution in [-0.2, 0) is 4.79 Å². The molecule has 0 spiro atoms. The Hall–Kier alpha value is -0.610. The van der Waals surface area contributed by atoms with Gasteiger partial charge in [-0.1, -0.05) is 19.3 Å². The van der Waals surface area contributed by atoms with E-state index in [0.29, 0.717) is 24.5 Å². The lowest BCUT2D eigenvalue weighted by Crippen LogP contribution is -2.45. The lowest BCUT2D eigenvalue weighted by atomic mass is 9.91. The lowest BCUT2D eigenvalue weighted by molar-refractivity contribution is -0.133. The Bertz CT molecular complexity index is 292. The fourth-order valence-electron chi connectivity index (χ4n) is 3.48. The van der Waals surface area contributed by atoms with Gasteiger partial charge in [0.25, 0.3) is 0 Å². The molecule has 2 rings (SSSR count). The van der Waals surface area contributed by atoms with Crippen LogP contribution in [0.1, 0.15) is 57.8 Å². The molecule has 0 unspecified atom stereocenters. The van der Waals surface area contributed by atoms with Crippen molar-refractivity contribution in [1.82, 2.24) is 9.80 Å². The Labute approximate surface area is 123 Å². The van der Waals surface area contributed by atoms with Crippen LogP contribution in [0.3, 0.4) is 0 Å². The first-order chi connectivity index (χ1) is 9.66. The fraction of sp³-hybridized carbons (Fsp3) is 0.938. The molecule has 0 radical (unpaired) electrons. The third-order valence-corrected chi connectivity index (χ3v) is 4.96. The molecule has 4 nitrogen and oxygen atoms in total. The Morgan fingerprint density at radius 2 is 1.60 bits per heavy atom. The van der Waals surface area contributed by atoms with Crippen LogP contribution >= 0.6 is 0 Å². The van der Waals surface area contributed by atoms with Crippen LogP contribution in [0.4, 0.5) is 0 Å². The van der Waals surface area contributed by atoms with Gasteiger partial charge in [0.2, 0.25) is 5.91 Å². The number of hydrogen-bond acceptors (Lipinski definition) is 3. The lowest BCUT2D eigenvalue weighted by Gasteiger charge is -2.34. The molecule has 1 saturated heterocycles. The highest BCUT2D eigenvalue weighted by molar-refractivity contribution is 5.78. The first-order valence-electron chi connectivity index (χ1n) is 8.40. The maximum absolute atomic E-state index is 12.4. The zero-order valence-electron chi connectivity index (χ0n) is 13.0. The first-order valence-corrected chi connectivity index (χ1v) is 8.40. The van der Waals surface area contributed by atoms with E-state index in [-0.39, 0.29) is 0 Å². The van der Waals surface area contributed by atoms with Gasteiger partial charge in [0, 0.05) is 25.2 Å². The fourth-order valence-corrected chi connectivity index (χ4v) is 3.48. The topological polar surface area (TPSA) is 49.6 Å². The molecule has 1 saturated carbocycles. The minimum atomic E-state index is 0.323. The van der Waals surface area contributed by atoms with Crippen molar-refractivity contribution in [2.75, 3.05) is 26.7 Å². The van der Waals surface area contributed by atoms with Gasteiger partial charge in [0.15, 0.2) is 0 Å². The summed E-state index contributed by atoms with van der Waals surface area (Å²) in [5.74, 6) is 0.323. The summed E-state index contributed by atoms with van der Waals surface area (Å²) in [5, 5.41) is 0. The van der Waals surface area contributed by atoms with E-state index < -0.39 is 0 Å². The zero-order chi connectivity index (χ0) is 14.4. The first kappa shape index (κ1) is 15.8. The molecule has 20 heavy (non-hydrogen) atoms. The highest BCUT2D eigenvalue weighted by Gasteiger charge is 2.24. The van der Waals surface area contributed by atoms with Gasteiger partial charge in [0.05, 0.1) is 6.54 Å². The minimum Gasteiger partial charge on any atom is -0.342 e. The third-order valence-electron chi connectivity index (χ3n) is 4.96. The smallest absolute Gasteiger partial charge is 0.236 e. The summed E-state index contributed by atoms with van der Waals surface area (Å²) >= 11 is 0. The zero-order valence-corrected chi connectivity index (χ0v) is 13.0. The van der Waals surface area contributed by atoms with Crippen molar-refractivity contribution in [3.05, 3.63) is 0 Å². The Morgan fingerprint density at radius 1 is 1.05 bits per heavy atom. The number of hydrogen-bond donors (Lipinski definition) is 1. The Balaban J connectivity index is 1.77. The predicted octanol–water partition coefficient (Wildman–Crippen LogP) is 1.98. The van der Waals surface area contributed by atoms with E-state index in [9.17, 15) is 4.79 Å². The SMILES string of the molecule is CN(CC(=O)N1CCCCCCC1)C1CCC(N)CC1. The number of carbonyl (C=O) groups excluding carboxylic acids is 1. The molecule has 0 aromatic carbocycles. The van der Waals surface area contributed by atoms with Crippen molar-refractivity contribution >= 4 is 5.91 Å². The number of amides is 1. The minimum absolute atomic E-state index is 0.323. The van der Waals surface area contributed by atoms with E-state index in [4.69, 9.17) is 5.73 Å². The normalized spacial score (nSPS) is 29.1. The van der Waals surface area contributed by atoms with Crippen molar-refractivity contribution in [2.24, 2.45) is 5.73 Å². The van der Waals surface area contributed by atoms with Gasteiger partial charge in [-0.2, -0.15) is 0 Å². The van der Waals surface area contributed by atoms with E-state index in [1.807, 2.05) is 0 Å². The van der Waals surface area contributed by atoms with Crippen molar-refractivity contribution in [1.29, 1.82) is 0 Å². The highest BCUT2D eigenvalue weighted by atomic mass is 16.2. The maximum atomic E-state index is 12.4. The van der Waals surface area contributed by atoms with Gasteiger partial charge in [-0.3, -0.25) is 9.69 Å². The molecular weight excluding hydrogens is 250 g/mol. The quantitative estimate of drug-likeness (QED) is 0.860. The number of carbonyl (C=O) groups is 1. The van der Waals surface area contributed by atoms with Crippen LogP contribution in [0.2, 0.25) is 0 Å². The van der Waals surface area contributed by atoms with Crippen molar-refractivity contribution in [3.8, 4) is 0 Å². The molecular formula is C16H31N3O. The number of rotatable bonds is 3. The van der Waals surface area contributed by atoms with E-state index in [1.165, 1.54) is 32.1 Å². The van der Waals surface area contributed by atoms with E-state index in [0.717, 1.165) is 38.8 Å². The predicted molar refractivity (Wildman–Crippen MR) is 82.5 cm³/mol. The van der Waals surface area contributed by atoms with Gasteiger partial charge >= 0.3 is 0 Å². The summed E-state index contributed by atoms with van der Waals surface area (Å²) in [6.45, 7) is 2.50. The molecule has 1 aliphatic carbocycles. The summed E-state index contributed by atoms with van der Waals surface area (Å²) in [5.41, 5.74) is 5.95. The average Bonchev–Trinajstić information content (AvgIpc) is 2.38. The van der Waals surface area contributed by atoms with Crippen molar-refractivity contribution in [2.45, 2.75) is 69.9 Å². The van der Waals surface area contributed by atoms with Gasteiger partial charge in [-0.05, 0) is 45.6 Å². The number of likely N-dealkylation sites (N-methyl/N-ethyl adjacent to an activating group) is 1. The molecule has 0 aromatic heterocycles. The molecule has 116 valence electrons. The molecule has 0 bridgehead atoms. The van der Waals surface area contributed by atoms with Crippen molar-refractivity contribution in [3.63, 3.8) is 0 Å². The van der Waals surface area contributed by atoms with Crippen LogP contribution in [0.5, 0.6) is 0 Å². The van der Waals surface area contributed by atoms with E-state index >= 15 is 0 Å². The van der Waals surface area contributed by atoms with Crippen molar-refractivity contribution < 1.29 is 4.79 Å². The second-order valence-corrected chi connectivity index (χ2v) is 6.63. The van der Waals surface area contributed by atoms with Crippen LogP contribution in [0.15, 0.2) is 0 Å². The Kier molecular flexibility index (Phi) is 6.30. The van der Waals surface area contributed by atoms with Gasteiger partial charge in [-0.15, -0.1) is 0 Å². The molecule has 0 aromatic rings. The molecule has 2 fully saturated rings. The number of nitrogens with two attached hydrogens (primary N) is 1. The largest absolute Gasteiger partial charge is 0.342 e. The summed E-state index contributed by atoms with van der Waals surface area (Å²) in [6, 6.07) is 0.929. The highest BCUT2D eigenvalue weighted by Crippen LogP contribution is 2.21. The summed E-state index contributed by atoms with van der Waals surface area (Å²) in [6.07, 6.45) is 10.7. The monoisotopic (exact) mass is 281 g/mol. The van der Waals surface area contributed by atoms with Gasteiger partial charge < -0.3 is 10.6 Å². The molecule has 0 atom stereocenters. The summed E-state index contributed by atoms with van der Waals surface area (Å²) in [4.78, 5) is 16.8. The molecule has 4 heteroatoms. The van der Waals surface area contributed by atoms with E-state index in [1.54, 1.807) is 0 Å². The molecule has 2 aliphatic rings. The van der Waals surface area contributed by atoms with Crippen LogP contribution in [-0.4, -0.2) is 54.5 Å². The number of likely N-dealkylation sites (tertiary alicyclic amines) is 1. The molecule has 1 amide bonds. The third kappa shape index (κ3) is 4.74. The summed E-state index contributed by atoms with van der Waals surface area (Å²) in [7, 11) is 2.10. The molecule has 1 aliphatic heterocycles. The van der Waals surface area contributed by atoms with Crippen LogP contribution in [0.25, 0.3) is 0 Å². The Morgan fingerprint density at radius 3 is 2.20 bits per heavy atom. The average molecular weight is 281 g/mol. The molecule has 2 N–H and O–H groups in total. The molecule has 1 heterocycles. The van der Waals surface area contributed by atoms with Crippen LogP contribution < -0.4 is 5.73 Å². The number of nitrogens with zero attached hydrogens (tertiary/aromatic N) is 2. The standard InChI is InChI=1S/C16H31N3O/c1-18(15-9-7-14(17)8-10-15)13-16(20)19-11-5-3-2-4-6-12-19/h14-15H,2-13,17H2,1H3. The van der Waals surface area contributed by atoms with E-state index in [2.05, 4.69) is 16.8 Å². The van der Waals surface area contributed by atoms with Crippen LogP contribution in [0, 0.1) is 0 Å². The maximum Gasteiger partial charge on any atom is 0.236 e. The second kappa shape index (κ2) is 7.99. The van der Waals surface area contributed by atoms with Gasteiger partial charge in [0.1, 0.15) is 0 Å².